The molecular formula is C15H14BrClN2O3S. The van der Waals surface area contributed by atoms with Crippen molar-refractivity contribution in [3.63, 3.8) is 0 Å². The van der Waals surface area contributed by atoms with Gasteiger partial charge < -0.3 is 5.32 Å². The number of rotatable bonds is 4. The molecular weight excluding hydrogens is 404 g/mol. The molecule has 0 aliphatic heterocycles. The van der Waals surface area contributed by atoms with E-state index < -0.39 is 15.9 Å². The Kier molecular flexibility index (Phi) is 5.46. The number of nitrogens with one attached hydrogen (secondary N) is 1. The first-order chi connectivity index (χ1) is 10.7. The van der Waals surface area contributed by atoms with Gasteiger partial charge in [0, 0.05) is 10.0 Å². The van der Waals surface area contributed by atoms with E-state index in [0.29, 0.717) is 0 Å². The van der Waals surface area contributed by atoms with Crippen molar-refractivity contribution in [3.8, 4) is 0 Å². The molecule has 23 heavy (non-hydrogen) atoms. The van der Waals surface area contributed by atoms with Crippen LogP contribution in [-0.4, -0.2) is 14.3 Å². The minimum absolute atomic E-state index is 0.0231. The van der Waals surface area contributed by atoms with E-state index >= 15 is 0 Å². The summed E-state index contributed by atoms with van der Waals surface area (Å²) in [7, 11) is -3.99. The first-order valence-corrected chi connectivity index (χ1v) is 9.29. The molecule has 3 N–H and O–H groups in total. The molecule has 0 aromatic heterocycles. The molecule has 0 bridgehead atoms. The smallest absolute Gasteiger partial charge is 0.251 e. The van der Waals surface area contributed by atoms with E-state index in [2.05, 4.69) is 21.2 Å². The lowest BCUT2D eigenvalue weighted by Gasteiger charge is -2.15. The third kappa shape index (κ3) is 4.54. The summed E-state index contributed by atoms with van der Waals surface area (Å²) in [4.78, 5) is 12.0. The molecule has 2 aromatic carbocycles. The van der Waals surface area contributed by atoms with Crippen molar-refractivity contribution in [2.24, 2.45) is 5.14 Å². The van der Waals surface area contributed by atoms with E-state index in [-0.39, 0.29) is 21.5 Å². The highest BCUT2D eigenvalue weighted by Gasteiger charge is 2.17. The first-order valence-electron chi connectivity index (χ1n) is 6.57. The second-order valence-electron chi connectivity index (χ2n) is 4.94. The zero-order chi connectivity index (χ0) is 17.2. The molecule has 0 spiro atoms. The van der Waals surface area contributed by atoms with Crippen LogP contribution in [-0.2, 0) is 10.0 Å². The van der Waals surface area contributed by atoms with Crippen LogP contribution in [0.5, 0.6) is 0 Å². The van der Waals surface area contributed by atoms with Crippen LogP contribution in [0.1, 0.15) is 28.9 Å². The fourth-order valence-electron chi connectivity index (χ4n) is 1.98. The Labute approximate surface area is 148 Å². The van der Waals surface area contributed by atoms with Crippen LogP contribution in [0.25, 0.3) is 0 Å². The summed E-state index contributed by atoms with van der Waals surface area (Å²) in [5.41, 5.74) is 1.09. The van der Waals surface area contributed by atoms with E-state index in [9.17, 15) is 13.2 Å². The molecule has 0 aliphatic rings. The zero-order valence-corrected chi connectivity index (χ0v) is 15.2. The highest BCUT2D eigenvalue weighted by atomic mass is 79.9. The Morgan fingerprint density at radius 2 is 1.83 bits per heavy atom. The van der Waals surface area contributed by atoms with Gasteiger partial charge in [-0.3, -0.25) is 4.79 Å². The molecule has 122 valence electrons. The summed E-state index contributed by atoms with van der Waals surface area (Å²) >= 11 is 9.15. The molecule has 5 nitrogen and oxygen atoms in total. The van der Waals surface area contributed by atoms with Gasteiger partial charge in [0.1, 0.15) is 4.90 Å². The molecule has 0 heterocycles. The average Bonchev–Trinajstić information content (AvgIpc) is 2.47. The highest BCUT2D eigenvalue weighted by molar-refractivity contribution is 9.10. The maximum Gasteiger partial charge on any atom is 0.251 e. The van der Waals surface area contributed by atoms with Crippen molar-refractivity contribution < 1.29 is 13.2 Å². The summed E-state index contributed by atoms with van der Waals surface area (Å²) in [6.07, 6.45) is 0. The molecule has 1 atom stereocenters. The standard InChI is InChI=1S/C15H14BrClN2O3S/c1-9(10-2-5-12(16)6-3-10)19-15(20)11-4-7-13(17)14(8-11)23(18,21)22/h2-9H,1H3,(H,19,20)(H2,18,21,22)/t9-/m0/s1. The Morgan fingerprint density at radius 3 is 2.39 bits per heavy atom. The Morgan fingerprint density at radius 1 is 1.22 bits per heavy atom. The third-order valence-corrected chi connectivity index (χ3v) is 5.14. The Bertz CT molecular complexity index is 838. The van der Waals surface area contributed by atoms with Crippen LogP contribution in [0.2, 0.25) is 5.02 Å². The third-order valence-electron chi connectivity index (χ3n) is 3.22. The minimum atomic E-state index is -3.99. The number of primary sulfonamides is 1. The van der Waals surface area contributed by atoms with Gasteiger partial charge in [0.2, 0.25) is 10.0 Å². The minimum Gasteiger partial charge on any atom is -0.346 e. The average molecular weight is 418 g/mol. The second-order valence-corrected chi connectivity index (χ2v) is 7.79. The van der Waals surface area contributed by atoms with E-state index in [1.54, 1.807) is 0 Å². The van der Waals surface area contributed by atoms with Crippen LogP contribution >= 0.6 is 27.5 Å². The zero-order valence-electron chi connectivity index (χ0n) is 12.1. The molecule has 1 amide bonds. The first kappa shape index (κ1) is 17.9. The summed E-state index contributed by atoms with van der Waals surface area (Å²) in [5, 5.41) is 7.86. The molecule has 0 unspecified atom stereocenters. The number of sulfonamides is 1. The van der Waals surface area contributed by atoms with Crippen LogP contribution in [0.15, 0.2) is 51.8 Å². The quantitative estimate of drug-likeness (QED) is 0.800. The van der Waals surface area contributed by atoms with Gasteiger partial charge in [0.15, 0.2) is 0 Å². The lowest BCUT2D eigenvalue weighted by atomic mass is 10.1. The van der Waals surface area contributed by atoms with Gasteiger partial charge >= 0.3 is 0 Å². The normalized spacial score (nSPS) is 12.7. The van der Waals surface area contributed by atoms with Crippen molar-refractivity contribution >= 4 is 43.5 Å². The van der Waals surface area contributed by atoms with Crippen LogP contribution in [0.3, 0.4) is 0 Å². The summed E-state index contributed by atoms with van der Waals surface area (Å²) in [6, 6.07) is 11.2. The Balaban J connectivity index is 2.22. The molecule has 0 aliphatic carbocycles. The molecule has 2 rings (SSSR count). The monoisotopic (exact) mass is 416 g/mol. The van der Waals surface area contributed by atoms with Gasteiger partial charge in [0.25, 0.3) is 5.91 Å². The molecule has 0 fully saturated rings. The van der Waals surface area contributed by atoms with Crippen molar-refractivity contribution in [1.29, 1.82) is 0 Å². The van der Waals surface area contributed by atoms with Crippen molar-refractivity contribution in [2.45, 2.75) is 17.9 Å². The summed E-state index contributed by atoms with van der Waals surface area (Å²) in [6.45, 7) is 1.83. The van der Waals surface area contributed by atoms with Gasteiger partial charge in [-0.15, -0.1) is 0 Å². The van der Waals surface area contributed by atoms with Gasteiger partial charge in [0.05, 0.1) is 11.1 Å². The van der Waals surface area contributed by atoms with Crippen LogP contribution in [0, 0.1) is 0 Å². The maximum atomic E-state index is 12.3. The number of benzene rings is 2. The van der Waals surface area contributed by atoms with Crippen molar-refractivity contribution in [2.75, 3.05) is 0 Å². The predicted molar refractivity (Wildman–Crippen MR) is 92.8 cm³/mol. The maximum absolute atomic E-state index is 12.3. The number of hydrogen-bond donors (Lipinski definition) is 2. The SMILES string of the molecule is C[C@H](NC(=O)c1ccc(Cl)c(S(N)(=O)=O)c1)c1ccc(Br)cc1. The van der Waals surface area contributed by atoms with E-state index in [1.807, 2.05) is 31.2 Å². The molecule has 8 heteroatoms. The summed E-state index contributed by atoms with van der Waals surface area (Å²) in [5.74, 6) is -0.415. The largest absolute Gasteiger partial charge is 0.346 e. The number of hydrogen-bond acceptors (Lipinski definition) is 3. The second kappa shape index (κ2) is 7.00. The van der Waals surface area contributed by atoms with E-state index in [4.69, 9.17) is 16.7 Å². The van der Waals surface area contributed by atoms with E-state index in [0.717, 1.165) is 10.0 Å². The molecule has 0 radical (unpaired) electrons. The lowest BCUT2D eigenvalue weighted by Crippen LogP contribution is -2.27. The van der Waals surface area contributed by atoms with Crippen molar-refractivity contribution in [1.82, 2.24) is 5.32 Å². The van der Waals surface area contributed by atoms with Crippen molar-refractivity contribution in [3.05, 3.63) is 63.1 Å². The predicted octanol–water partition coefficient (Wildman–Crippen LogP) is 3.24. The molecule has 0 saturated heterocycles. The van der Waals surface area contributed by atoms with Gasteiger partial charge in [-0.2, -0.15) is 0 Å². The topological polar surface area (TPSA) is 89.3 Å². The molecule has 2 aromatic rings. The van der Waals surface area contributed by atoms with Crippen LogP contribution in [0.4, 0.5) is 0 Å². The van der Waals surface area contributed by atoms with Gasteiger partial charge in [-0.25, -0.2) is 13.6 Å². The number of carbonyl (C=O) groups excluding carboxylic acids is 1. The Hall–Kier alpha value is -1.41. The van der Waals surface area contributed by atoms with Gasteiger partial charge in [-0.05, 0) is 42.8 Å². The molecule has 0 saturated carbocycles. The number of nitrogens with two attached hydrogens (primary N) is 1. The fourth-order valence-corrected chi connectivity index (χ4v) is 3.31. The fraction of sp³-hybridized carbons (Fsp3) is 0.133. The number of amides is 1. The summed E-state index contributed by atoms with van der Waals surface area (Å²) < 4.78 is 23.9. The van der Waals surface area contributed by atoms with Crippen LogP contribution < -0.4 is 10.5 Å². The lowest BCUT2D eigenvalue weighted by molar-refractivity contribution is 0.0939. The highest BCUT2D eigenvalue weighted by Crippen LogP contribution is 2.22. The van der Waals surface area contributed by atoms with Gasteiger partial charge in [-0.1, -0.05) is 39.7 Å². The number of halogens is 2. The van der Waals surface area contributed by atoms with E-state index in [1.165, 1.54) is 18.2 Å². The number of carbonyl (C=O) groups is 1.